The zero-order chi connectivity index (χ0) is 13.2. The standard InChI is InChI=1S/C12H20N4O2/c1-12(2,3)18-11(17)10-14-9(15-16-10)8-4-6-13-7-5-8/h8,13H,4-7H2,1-3H3,(H,14,15,16). The van der Waals surface area contributed by atoms with Gasteiger partial charge >= 0.3 is 5.97 Å². The highest BCUT2D eigenvalue weighted by molar-refractivity contribution is 5.85. The first-order valence-corrected chi connectivity index (χ1v) is 6.32. The fraction of sp³-hybridized carbons (Fsp3) is 0.750. The Bertz CT molecular complexity index is 416. The Morgan fingerprint density at radius 3 is 2.61 bits per heavy atom. The summed E-state index contributed by atoms with van der Waals surface area (Å²) in [6, 6.07) is 0. The third-order valence-corrected chi connectivity index (χ3v) is 2.81. The summed E-state index contributed by atoms with van der Waals surface area (Å²) in [5.74, 6) is 0.796. The quantitative estimate of drug-likeness (QED) is 0.774. The summed E-state index contributed by atoms with van der Waals surface area (Å²) in [6.07, 6.45) is 2.03. The van der Waals surface area contributed by atoms with Gasteiger partial charge in [0.1, 0.15) is 11.4 Å². The highest BCUT2D eigenvalue weighted by atomic mass is 16.6. The van der Waals surface area contributed by atoms with Crippen LogP contribution in [-0.4, -0.2) is 39.8 Å². The van der Waals surface area contributed by atoms with Crippen LogP contribution in [0.15, 0.2) is 0 Å². The summed E-state index contributed by atoms with van der Waals surface area (Å²) >= 11 is 0. The zero-order valence-corrected chi connectivity index (χ0v) is 11.1. The van der Waals surface area contributed by atoms with E-state index in [2.05, 4.69) is 20.5 Å². The van der Waals surface area contributed by atoms with E-state index in [1.165, 1.54) is 0 Å². The molecule has 18 heavy (non-hydrogen) atoms. The number of hydrogen-bond acceptors (Lipinski definition) is 5. The Kier molecular flexibility index (Phi) is 3.65. The fourth-order valence-electron chi connectivity index (χ4n) is 1.97. The Morgan fingerprint density at radius 2 is 2.00 bits per heavy atom. The number of nitrogens with zero attached hydrogens (tertiary/aromatic N) is 2. The molecule has 0 bridgehead atoms. The molecule has 1 aliphatic heterocycles. The second-order valence-electron chi connectivity index (χ2n) is 5.57. The predicted molar refractivity (Wildman–Crippen MR) is 66.4 cm³/mol. The summed E-state index contributed by atoms with van der Waals surface area (Å²) in [7, 11) is 0. The highest BCUT2D eigenvalue weighted by Gasteiger charge is 2.24. The Labute approximate surface area is 107 Å². The summed E-state index contributed by atoms with van der Waals surface area (Å²) in [5.41, 5.74) is -0.521. The molecular formula is C12H20N4O2. The van der Waals surface area contributed by atoms with Gasteiger partial charge in [-0.3, -0.25) is 5.10 Å². The third-order valence-electron chi connectivity index (χ3n) is 2.81. The smallest absolute Gasteiger partial charge is 0.378 e. The maximum atomic E-state index is 11.8. The van der Waals surface area contributed by atoms with E-state index in [9.17, 15) is 4.79 Å². The summed E-state index contributed by atoms with van der Waals surface area (Å²) in [4.78, 5) is 16.0. The first-order chi connectivity index (χ1) is 8.46. The third kappa shape index (κ3) is 3.29. The molecule has 0 saturated carbocycles. The molecular weight excluding hydrogens is 232 g/mol. The van der Waals surface area contributed by atoms with E-state index in [0.29, 0.717) is 5.92 Å². The second kappa shape index (κ2) is 5.06. The maximum absolute atomic E-state index is 11.8. The number of piperidine rings is 1. The SMILES string of the molecule is CC(C)(C)OC(=O)c1n[nH]c(C2CCNCC2)n1. The van der Waals surface area contributed by atoms with Crippen molar-refractivity contribution in [2.24, 2.45) is 0 Å². The van der Waals surface area contributed by atoms with Crippen molar-refractivity contribution in [2.75, 3.05) is 13.1 Å². The van der Waals surface area contributed by atoms with Crippen molar-refractivity contribution in [3.63, 3.8) is 0 Å². The number of ether oxygens (including phenoxy) is 1. The largest absolute Gasteiger partial charge is 0.454 e. The molecule has 0 amide bonds. The minimum absolute atomic E-state index is 0.124. The molecule has 0 aliphatic carbocycles. The van der Waals surface area contributed by atoms with Gasteiger partial charge in [0.15, 0.2) is 0 Å². The summed E-state index contributed by atoms with van der Waals surface area (Å²) < 4.78 is 5.23. The minimum atomic E-state index is -0.521. The monoisotopic (exact) mass is 252 g/mol. The molecule has 0 spiro atoms. The topological polar surface area (TPSA) is 79.9 Å². The highest BCUT2D eigenvalue weighted by Crippen LogP contribution is 2.22. The number of aromatic nitrogens is 3. The van der Waals surface area contributed by atoms with E-state index in [1.54, 1.807) is 0 Å². The van der Waals surface area contributed by atoms with Gasteiger partial charge in [-0.15, -0.1) is 5.10 Å². The van der Waals surface area contributed by atoms with Crippen LogP contribution in [0.4, 0.5) is 0 Å². The number of hydrogen-bond donors (Lipinski definition) is 2. The average Bonchev–Trinajstić information content (AvgIpc) is 2.77. The van der Waals surface area contributed by atoms with Crippen LogP contribution in [0.25, 0.3) is 0 Å². The minimum Gasteiger partial charge on any atom is -0.454 e. The molecule has 6 heteroatoms. The number of rotatable bonds is 2. The van der Waals surface area contributed by atoms with E-state index >= 15 is 0 Å². The van der Waals surface area contributed by atoms with E-state index in [-0.39, 0.29) is 5.82 Å². The van der Waals surface area contributed by atoms with Gasteiger partial charge in [0, 0.05) is 5.92 Å². The lowest BCUT2D eigenvalue weighted by Gasteiger charge is -2.20. The maximum Gasteiger partial charge on any atom is 0.378 e. The van der Waals surface area contributed by atoms with Crippen molar-refractivity contribution < 1.29 is 9.53 Å². The molecule has 1 aliphatic rings. The second-order valence-corrected chi connectivity index (χ2v) is 5.57. The number of carbonyl (C=O) groups is 1. The average molecular weight is 252 g/mol. The van der Waals surface area contributed by atoms with Crippen LogP contribution >= 0.6 is 0 Å². The molecule has 2 heterocycles. The fourth-order valence-corrected chi connectivity index (χ4v) is 1.97. The van der Waals surface area contributed by atoms with Crippen LogP contribution in [0.3, 0.4) is 0 Å². The molecule has 0 aromatic carbocycles. The molecule has 0 unspecified atom stereocenters. The number of carbonyl (C=O) groups excluding carboxylic acids is 1. The van der Waals surface area contributed by atoms with Gasteiger partial charge in [0.05, 0.1) is 0 Å². The molecule has 1 saturated heterocycles. The Hall–Kier alpha value is -1.43. The van der Waals surface area contributed by atoms with E-state index in [1.807, 2.05) is 20.8 Å². The van der Waals surface area contributed by atoms with Crippen LogP contribution in [-0.2, 0) is 4.74 Å². The predicted octanol–water partition coefficient (Wildman–Crippen LogP) is 1.23. The molecule has 0 radical (unpaired) electrons. The van der Waals surface area contributed by atoms with E-state index in [0.717, 1.165) is 31.8 Å². The van der Waals surface area contributed by atoms with Crippen LogP contribution in [0.5, 0.6) is 0 Å². The zero-order valence-electron chi connectivity index (χ0n) is 11.1. The number of aromatic amines is 1. The van der Waals surface area contributed by atoms with Crippen LogP contribution in [0.2, 0.25) is 0 Å². The molecule has 2 N–H and O–H groups in total. The molecule has 1 fully saturated rings. The van der Waals surface area contributed by atoms with Crippen molar-refractivity contribution in [3.8, 4) is 0 Å². The van der Waals surface area contributed by atoms with E-state index < -0.39 is 11.6 Å². The van der Waals surface area contributed by atoms with Crippen molar-refractivity contribution in [1.29, 1.82) is 0 Å². The van der Waals surface area contributed by atoms with Crippen molar-refractivity contribution >= 4 is 5.97 Å². The summed E-state index contributed by atoms with van der Waals surface area (Å²) in [6.45, 7) is 7.43. The van der Waals surface area contributed by atoms with Gasteiger partial charge < -0.3 is 10.1 Å². The summed E-state index contributed by atoms with van der Waals surface area (Å²) in [5, 5.41) is 10.1. The van der Waals surface area contributed by atoms with Gasteiger partial charge in [-0.2, -0.15) is 0 Å². The van der Waals surface area contributed by atoms with Gasteiger partial charge in [-0.1, -0.05) is 0 Å². The lowest BCUT2D eigenvalue weighted by molar-refractivity contribution is 0.00560. The Balaban J connectivity index is 2.03. The molecule has 6 nitrogen and oxygen atoms in total. The van der Waals surface area contributed by atoms with Gasteiger partial charge in [0.2, 0.25) is 0 Å². The van der Waals surface area contributed by atoms with E-state index in [4.69, 9.17) is 4.74 Å². The van der Waals surface area contributed by atoms with Crippen molar-refractivity contribution in [2.45, 2.75) is 45.1 Å². The van der Waals surface area contributed by atoms with Gasteiger partial charge in [-0.05, 0) is 46.7 Å². The van der Waals surface area contributed by atoms with Crippen LogP contribution < -0.4 is 5.32 Å². The molecule has 100 valence electrons. The molecule has 0 atom stereocenters. The lowest BCUT2D eigenvalue weighted by atomic mass is 9.98. The van der Waals surface area contributed by atoms with Crippen LogP contribution in [0.1, 0.15) is 56.0 Å². The molecule has 1 aromatic rings. The van der Waals surface area contributed by atoms with Gasteiger partial charge in [-0.25, -0.2) is 9.78 Å². The Morgan fingerprint density at radius 1 is 1.33 bits per heavy atom. The normalized spacial score (nSPS) is 17.7. The van der Waals surface area contributed by atoms with Crippen molar-refractivity contribution in [1.82, 2.24) is 20.5 Å². The van der Waals surface area contributed by atoms with Gasteiger partial charge in [0.25, 0.3) is 5.82 Å². The first kappa shape index (κ1) is 13.0. The van der Waals surface area contributed by atoms with Crippen LogP contribution in [0, 0.1) is 0 Å². The molecule has 2 rings (SSSR count). The molecule has 1 aromatic heterocycles. The number of nitrogens with one attached hydrogen (secondary N) is 2. The number of esters is 1. The number of H-pyrrole nitrogens is 1. The van der Waals surface area contributed by atoms with Crippen molar-refractivity contribution in [3.05, 3.63) is 11.6 Å². The first-order valence-electron chi connectivity index (χ1n) is 6.32. The lowest BCUT2D eigenvalue weighted by Crippen LogP contribution is -2.27.